The molecule has 29 heavy (non-hydrogen) atoms. The molecule has 0 atom stereocenters. The summed E-state index contributed by atoms with van der Waals surface area (Å²) in [5.41, 5.74) is 6.37. The van der Waals surface area contributed by atoms with Crippen LogP contribution in [0.25, 0.3) is 15.9 Å². The average molecular weight is 443 g/mol. The highest BCUT2D eigenvalue weighted by atomic mass is 32.2. The normalized spacial score (nSPS) is 12.0. The second-order valence-electron chi connectivity index (χ2n) is 6.24. The fourth-order valence-electron chi connectivity index (χ4n) is 2.83. The highest BCUT2D eigenvalue weighted by Gasteiger charge is 2.14. The highest BCUT2D eigenvalue weighted by molar-refractivity contribution is 8.38. The molecule has 0 aliphatic carbocycles. The lowest BCUT2D eigenvalue weighted by molar-refractivity contribution is 0.692. The van der Waals surface area contributed by atoms with E-state index >= 15 is 0 Å². The zero-order valence-electron chi connectivity index (χ0n) is 16.1. The second-order valence-corrected chi connectivity index (χ2v) is 9.15. The number of hydrogen-bond acceptors (Lipinski definition) is 8. The van der Waals surface area contributed by atoms with Crippen molar-refractivity contribution in [1.29, 1.82) is 0 Å². The van der Waals surface area contributed by atoms with Crippen molar-refractivity contribution in [1.82, 2.24) is 24.8 Å². The smallest absolute Gasteiger partial charge is 0.245 e. The Labute approximate surface area is 179 Å². The van der Waals surface area contributed by atoms with Gasteiger partial charge in [-0.2, -0.15) is 9.36 Å². The number of aromatic nitrogens is 5. The molecule has 2 aromatic heterocycles. The number of nitrogens with zero attached hydrogens (tertiary/aromatic N) is 6. The molecular weight excluding hydrogens is 424 g/mol. The molecule has 0 bridgehead atoms. The topological polar surface area (TPSA) is 78.0 Å². The molecule has 4 aromatic rings. The Morgan fingerprint density at radius 2 is 2.10 bits per heavy atom. The molecule has 10 heteroatoms. The van der Waals surface area contributed by atoms with E-state index in [1.54, 1.807) is 41.9 Å². The SMILES string of the molecule is CSC(=Nc1ccc2ncsc2c1)SCc1c(C)cccc1-n1nnn(C)c1=O. The third kappa shape index (κ3) is 4.14. The van der Waals surface area contributed by atoms with Crippen molar-refractivity contribution in [2.45, 2.75) is 12.7 Å². The Balaban J connectivity index is 1.62. The number of thiazole rings is 1. The fraction of sp³-hybridized carbons (Fsp3) is 0.211. The quantitative estimate of drug-likeness (QED) is 0.349. The molecule has 2 aromatic carbocycles. The van der Waals surface area contributed by atoms with E-state index in [2.05, 4.69) is 21.5 Å². The van der Waals surface area contributed by atoms with Crippen molar-refractivity contribution >= 4 is 55.1 Å². The minimum absolute atomic E-state index is 0.265. The van der Waals surface area contributed by atoms with Crippen LogP contribution in [0.2, 0.25) is 0 Å². The third-order valence-electron chi connectivity index (χ3n) is 4.39. The number of hydrogen-bond donors (Lipinski definition) is 0. The summed E-state index contributed by atoms with van der Waals surface area (Å²) in [6.45, 7) is 2.04. The molecule has 0 N–H and O–H groups in total. The molecule has 0 saturated heterocycles. The maximum atomic E-state index is 12.3. The summed E-state index contributed by atoms with van der Waals surface area (Å²) >= 11 is 4.86. The minimum Gasteiger partial charge on any atom is -0.245 e. The van der Waals surface area contributed by atoms with Gasteiger partial charge in [-0.05, 0) is 59.0 Å². The van der Waals surface area contributed by atoms with Crippen molar-refractivity contribution < 1.29 is 0 Å². The molecule has 0 fully saturated rings. The molecule has 0 saturated carbocycles. The second kappa shape index (κ2) is 8.52. The van der Waals surface area contributed by atoms with Gasteiger partial charge < -0.3 is 0 Å². The lowest BCUT2D eigenvalue weighted by Crippen LogP contribution is -2.23. The number of fused-ring (bicyclic) bond motifs is 1. The van der Waals surface area contributed by atoms with Crippen LogP contribution in [0.3, 0.4) is 0 Å². The van der Waals surface area contributed by atoms with Crippen molar-refractivity contribution in [3.05, 3.63) is 63.5 Å². The van der Waals surface area contributed by atoms with Crippen LogP contribution in [-0.4, -0.2) is 35.4 Å². The predicted molar refractivity (Wildman–Crippen MR) is 123 cm³/mol. The number of aliphatic imine (C=N–C) groups is 1. The molecule has 0 radical (unpaired) electrons. The van der Waals surface area contributed by atoms with Gasteiger partial charge in [0.1, 0.15) is 4.38 Å². The van der Waals surface area contributed by atoms with Gasteiger partial charge in [-0.15, -0.1) is 23.1 Å². The average Bonchev–Trinajstić information content (AvgIpc) is 3.32. The molecule has 148 valence electrons. The third-order valence-corrected chi connectivity index (χ3v) is 7.24. The first kappa shape index (κ1) is 19.9. The van der Waals surface area contributed by atoms with E-state index in [0.717, 1.165) is 37.1 Å². The van der Waals surface area contributed by atoms with Crippen LogP contribution in [0.4, 0.5) is 5.69 Å². The number of tetrazole rings is 1. The van der Waals surface area contributed by atoms with Gasteiger partial charge in [0.25, 0.3) is 0 Å². The lowest BCUT2D eigenvalue weighted by atomic mass is 10.1. The van der Waals surface area contributed by atoms with E-state index in [9.17, 15) is 4.79 Å². The van der Waals surface area contributed by atoms with Crippen LogP contribution in [0.5, 0.6) is 0 Å². The van der Waals surface area contributed by atoms with E-state index in [1.807, 2.05) is 49.0 Å². The summed E-state index contributed by atoms with van der Waals surface area (Å²) in [6, 6.07) is 11.9. The molecule has 0 aliphatic heterocycles. The van der Waals surface area contributed by atoms with E-state index in [0.29, 0.717) is 5.75 Å². The van der Waals surface area contributed by atoms with Crippen LogP contribution in [-0.2, 0) is 12.8 Å². The van der Waals surface area contributed by atoms with Crippen molar-refractivity contribution in [2.24, 2.45) is 12.0 Å². The van der Waals surface area contributed by atoms with Gasteiger partial charge in [-0.3, -0.25) is 0 Å². The summed E-state index contributed by atoms with van der Waals surface area (Å²) in [4.78, 5) is 21.4. The maximum absolute atomic E-state index is 12.3. The summed E-state index contributed by atoms with van der Waals surface area (Å²) in [7, 11) is 1.59. The van der Waals surface area contributed by atoms with Gasteiger partial charge in [-0.25, -0.2) is 14.8 Å². The number of benzene rings is 2. The maximum Gasteiger partial charge on any atom is 0.368 e. The molecule has 0 spiro atoms. The Morgan fingerprint density at radius 1 is 1.24 bits per heavy atom. The predicted octanol–water partition coefficient (Wildman–Crippen LogP) is 4.17. The van der Waals surface area contributed by atoms with E-state index in [4.69, 9.17) is 4.99 Å². The van der Waals surface area contributed by atoms with Gasteiger partial charge in [0, 0.05) is 12.8 Å². The van der Waals surface area contributed by atoms with Crippen molar-refractivity contribution in [3.8, 4) is 5.69 Å². The first-order valence-electron chi connectivity index (χ1n) is 8.73. The van der Waals surface area contributed by atoms with E-state index < -0.39 is 0 Å². The Bertz CT molecular complexity index is 1260. The Morgan fingerprint density at radius 3 is 2.86 bits per heavy atom. The zero-order chi connectivity index (χ0) is 20.4. The Hall–Kier alpha value is -2.43. The van der Waals surface area contributed by atoms with Crippen LogP contribution in [0.1, 0.15) is 11.1 Å². The number of rotatable bonds is 4. The number of aryl methyl sites for hydroxylation is 2. The molecule has 0 unspecified atom stereocenters. The molecule has 7 nitrogen and oxygen atoms in total. The fourth-order valence-corrected chi connectivity index (χ4v) is 5.20. The van der Waals surface area contributed by atoms with Gasteiger partial charge >= 0.3 is 5.69 Å². The van der Waals surface area contributed by atoms with Crippen molar-refractivity contribution in [2.75, 3.05) is 6.26 Å². The summed E-state index contributed by atoms with van der Waals surface area (Å²) < 4.78 is 4.65. The zero-order valence-corrected chi connectivity index (χ0v) is 18.5. The number of thioether (sulfide) groups is 2. The van der Waals surface area contributed by atoms with Crippen LogP contribution in [0.15, 0.2) is 51.7 Å². The lowest BCUT2D eigenvalue weighted by Gasteiger charge is -2.11. The van der Waals surface area contributed by atoms with Gasteiger partial charge in [0.05, 0.1) is 27.1 Å². The Kier molecular flexibility index (Phi) is 5.84. The minimum atomic E-state index is -0.265. The van der Waals surface area contributed by atoms with Crippen LogP contribution >= 0.6 is 34.9 Å². The highest BCUT2D eigenvalue weighted by Crippen LogP contribution is 2.29. The molecule has 0 amide bonds. The van der Waals surface area contributed by atoms with Crippen molar-refractivity contribution in [3.63, 3.8) is 0 Å². The molecule has 0 aliphatic rings. The molecular formula is C19H18N6OS3. The summed E-state index contributed by atoms with van der Waals surface area (Å²) in [6.07, 6.45) is 2.02. The molecule has 2 heterocycles. The largest absolute Gasteiger partial charge is 0.368 e. The van der Waals surface area contributed by atoms with Crippen LogP contribution in [0, 0.1) is 6.92 Å². The van der Waals surface area contributed by atoms with Gasteiger partial charge in [-0.1, -0.05) is 23.9 Å². The van der Waals surface area contributed by atoms with Gasteiger partial charge in [0.2, 0.25) is 0 Å². The summed E-state index contributed by atoms with van der Waals surface area (Å²) in [5.74, 6) is 0.674. The monoisotopic (exact) mass is 442 g/mol. The van der Waals surface area contributed by atoms with E-state index in [1.165, 1.54) is 9.36 Å². The standard InChI is InChI=1S/C19H18N6OS3/c1-12-5-4-6-16(25-19(26)24(2)22-23-25)14(12)10-28-18(27-3)21-13-7-8-15-17(9-13)29-11-20-15/h4-9,11H,10H2,1-3H3. The first-order valence-corrected chi connectivity index (χ1v) is 11.8. The van der Waals surface area contributed by atoms with Crippen LogP contribution < -0.4 is 5.69 Å². The first-order chi connectivity index (χ1) is 14.1. The summed E-state index contributed by atoms with van der Waals surface area (Å²) in [5, 5.41) is 7.82. The molecule has 4 rings (SSSR count). The van der Waals surface area contributed by atoms with E-state index in [-0.39, 0.29) is 5.69 Å². The van der Waals surface area contributed by atoms with Gasteiger partial charge in [0.15, 0.2) is 0 Å².